The second-order valence-corrected chi connectivity index (χ2v) is 10.8. The van der Waals surface area contributed by atoms with Gasteiger partial charge in [-0.1, -0.05) is 65.5 Å². The third-order valence-electron chi connectivity index (χ3n) is 7.25. The minimum absolute atomic E-state index is 0.413. The van der Waals surface area contributed by atoms with E-state index in [0.717, 1.165) is 84.8 Å². The van der Waals surface area contributed by atoms with Gasteiger partial charge in [0.15, 0.2) is 0 Å². The number of hydrogen-bond donors (Lipinski definition) is 3. The van der Waals surface area contributed by atoms with Crippen LogP contribution in [0.3, 0.4) is 0 Å². The summed E-state index contributed by atoms with van der Waals surface area (Å²) in [7, 11) is 0. The Labute approximate surface area is 242 Å². The van der Waals surface area contributed by atoms with Crippen LogP contribution in [-0.4, -0.2) is 17.5 Å². The van der Waals surface area contributed by atoms with Gasteiger partial charge in [0.25, 0.3) is 0 Å². The molecule has 3 aromatic rings. The molecule has 0 aliphatic heterocycles. The van der Waals surface area contributed by atoms with E-state index >= 15 is 0 Å². The highest BCUT2D eigenvalue weighted by Crippen LogP contribution is 2.27. The quantitative estimate of drug-likeness (QED) is 0.125. The molecule has 5 nitrogen and oxygen atoms in total. The molecule has 0 fully saturated rings. The fraction of sp³-hybridized carbons (Fsp3) is 0.429. The summed E-state index contributed by atoms with van der Waals surface area (Å²) >= 11 is 0. The summed E-state index contributed by atoms with van der Waals surface area (Å²) in [6.45, 7) is 8.94. The van der Waals surface area contributed by atoms with Crippen LogP contribution < -0.4 is 16.8 Å². The molecule has 2 atom stereocenters. The highest BCUT2D eigenvalue weighted by Gasteiger charge is 2.21. The van der Waals surface area contributed by atoms with Crippen LogP contribution in [0.25, 0.3) is 0 Å². The zero-order valence-corrected chi connectivity index (χ0v) is 25.0. The van der Waals surface area contributed by atoms with Gasteiger partial charge in [-0.2, -0.15) is 0 Å². The van der Waals surface area contributed by atoms with Crippen molar-refractivity contribution in [2.24, 2.45) is 15.9 Å². The Hall–Kier alpha value is -3.60. The molecule has 2 unspecified atom stereocenters. The molecule has 0 heterocycles. The van der Waals surface area contributed by atoms with E-state index in [1.54, 1.807) is 0 Å². The number of benzene rings is 3. The van der Waals surface area contributed by atoms with Crippen molar-refractivity contribution < 1.29 is 0 Å². The van der Waals surface area contributed by atoms with Crippen molar-refractivity contribution in [3.63, 3.8) is 0 Å². The van der Waals surface area contributed by atoms with Crippen LogP contribution in [0.5, 0.6) is 0 Å². The van der Waals surface area contributed by atoms with Crippen molar-refractivity contribution in [2.45, 2.75) is 91.5 Å². The molecular formula is C35H49N5. The van der Waals surface area contributed by atoms with Crippen molar-refractivity contribution in [3.8, 4) is 0 Å². The maximum atomic E-state index is 5.92. The SMILES string of the molecule is CCCC(=Nc1ccc(N)cc1)C(CCC)=Nc1ccc(NC(CCC)C(CCC)Cc2ccc(N)cc2)cc1. The summed E-state index contributed by atoms with van der Waals surface area (Å²) in [6.07, 6.45) is 9.55. The van der Waals surface area contributed by atoms with Gasteiger partial charge in [0.2, 0.25) is 0 Å². The van der Waals surface area contributed by atoms with Crippen molar-refractivity contribution in [2.75, 3.05) is 16.8 Å². The van der Waals surface area contributed by atoms with Crippen LogP contribution in [0.1, 0.15) is 84.6 Å². The lowest BCUT2D eigenvalue weighted by Crippen LogP contribution is -2.30. The molecule has 40 heavy (non-hydrogen) atoms. The van der Waals surface area contributed by atoms with Crippen molar-refractivity contribution in [3.05, 3.63) is 78.4 Å². The number of nitrogens with zero attached hydrogens (tertiary/aromatic N) is 2. The van der Waals surface area contributed by atoms with Gasteiger partial charge in [-0.05, 0) is 104 Å². The van der Waals surface area contributed by atoms with E-state index in [1.807, 2.05) is 36.4 Å². The van der Waals surface area contributed by atoms with Crippen molar-refractivity contribution >= 4 is 39.9 Å². The van der Waals surface area contributed by atoms with Gasteiger partial charge in [0.1, 0.15) is 0 Å². The molecule has 5 heteroatoms. The van der Waals surface area contributed by atoms with Crippen LogP contribution in [0, 0.1) is 5.92 Å². The number of hydrogen-bond acceptors (Lipinski definition) is 5. The molecule has 0 spiro atoms. The average Bonchev–Trinajstić information content (AvgIpc) is 2.95. The Kier molecular flexibility index (Phi) is 12.8. The highest BCUT2D eigenvalue weighted by atomic mass is 14.9. The summed E-state index contributed by atoms with van der Waals surface area (Å²) in [5, 5.41) is 3.88. The summed E-state index contributed by atoms with van der Waals surface area (Å²) < 4.78 is 0. The van der Waals surface area contributed by atoms with Gasteiger partial charge in [0, 0.05) is 23.1 Å². The minimum Gasteiger partial charge on any atom is -0.399 e. The Balaban J connectivity index is 1.80. The molecule has 0 saturated carbocycles. The highest BCUT2D eigenvalue weighted by molar-refractivity contribution is 6.43. The van der Waals surface area contributed by atoms with Crippen LogP contribution >= 0.6 is 0 Å². The van der Waals surface area contributed by atoms with Crippen LogP contribution in [0.15, 0.2) is 82.8 Å². The fourth-order valence-corrected chi connectivity index (χ4v) is 5.22. The molecule has 0 aliphatic rings. The van der Waals surface area contributed by atoms with Crippen LogP contribution in [-0.2, 0) is 6.42 Å². The number of aliphatic imine (C=N–C) groups is 2. The molecule has 0 bridgehead atoms. The number of rotatable bonds is 16. The fourth-order valence-electron chi connectivity index (χ4n) is 5.22. The van der Waals surface area contributed by atoms with E-state index < -0.39 is 0 Å². The van der Waals surface area contributed by atoms with Gasteiger partial charge in [0.05, 0.1) is 22.8 Å². The first-order valence-corrected chi connectivity index (χ1v) is 15.2. The van der Waals surface area contributed by atoms with E-state index in [1.165, 1.54) is 18.4 Å². The second kappa shape index (κ2) is 16.5. The van der Waals surface area contributed by atoms with Crippen molar-refractivity contribution in [1.29, 1.82) is 0 Å². The second-order valence-electron chi connectivity index (χ2n) is 10.8. The summed E-state index contributed by atoms with van der Waals surface area (Å²) in [5.74, 6) is 0.559. The van der Waals surface area contributed by atoms with E-state index in [2.05, 4.69) is 69.4 Å². The average molecular weight is 540 g/mol. The molecule has 3 aromatic carbocycles. The molecule has 0 saturated heterocycles. The molecular weight excluding hydrogens is 490 g/mol. The first-order valence-electron chi connectivity index (χ1n) is 15.2. The lowest BCUT2D eigenvalue weighted by molar-refractivity contribution is 0.388. The first-order chi connectivity index (χ1) is 19.4. The molecule has 0 amide bonds. The number of anilines is 3. The molecule has 5 N–H and O–H groups in total. The van der Waals surface area contributed by atoms with Gasteiger partial charge in [-0.15, -0.1) is 0 Å². The topological polar surface area (TPSA) is 88.8 Å². The predicted molar refractivity (Wildman–Crippen MR) is 177 cm³/mol. The van der Waals surface area contributed by atoms with Crippen molar-refractivity contribution in [1.82, 2.24) is 0 Å². The standard InChI is InChI=1S/C35H49N5/c1-5-9-27(25-26-13-15-28(36)16-14-26)33(10-6-2)38-31-21-23-32(24-22-31)40-35(12-8-4)34(11-7-3)39-30-19-17-29(37)18-20-30/h13-24,27,33,38H,5-12,25,36-37H2,1-4H3. The maximum absolute atomic E-state index is 5.92. The lowest BCUT2D eigenvalue weighted by atomic mass is 9.86. The van der Waals surface area contributed by atoms with Gasteiger partial charge < -0.3 is 16.8 Å². The Morgan fingerprint density at radius 1 is 0.625 bits per heavy atom. The van der Waals surface area contributed by atoms with Gasteiger partial charge >= 0.3 is 0 Å². The molecule has 0 aliphatic carbocycles. The minimum atomic E-state index is 0.413. The smallest absolute Gasteiger partial charge is 0.0635 e. The summed E-state index contributed by atoms with van der Waals surface area (Å²) in [6, 6.07) is 25.1. The number of nitrogen functional groups attached to an aromatic ring is 2. The predicted octanol–water partition coefficient (Wildman–Crippen LogP) is 9.54. The maximum Gasteiger partial charge on any atom is 0.0635 e. The Morgan fingerprint density at radius 2 is 1.10 bits per heavy atom. The van der Waals surface area contributed by atoms with Gasteiger partial charge in [-0.25, -0.2) is 0 Å². The van der Waals surface area contributed by atoms with E-state index in [4.69, 9.17) is 21.5 Å². The monoisotopic (exact) mass is 539 g/mol. The van der Waals surface area contributed by atoms with Gasteiger partial charge in [-0.3, -0.25) is 9.98 Å². The normalized spacial score (nSPS) is 13.7. The third kappa shape index (κ3) is 9.86. The number of nitrogens with two attached hydrogens (primary N) is 2. The molecule has 0 aromatic heterocycles. The molecule has 214 valence electrons. The third-order valence-corrected chi connectivity index (χ3v) is 7.25. The first kappa shape index (κ1) is 30.9. The van der Waals surface area contributed by atoms with Crippen LogP contribution in [0.2, 0.25) is 0 Å². The molecule has 3 rings (SSSR count). The zero-order valence-electron chi connectivity index (χ0n) is 25.0. The molecule has 0 radical (unpaired) electrons. The number of nitrogens with one attached hydrogen (secondary N) is 1. The lowest BCUT2D eigenvalue weighted by Gasteiger charge is -2.29. The zero-order chi connectivity index (χ0) is 28.7. The Bertz CT molecular complexity index is 1190. The van der Waals surface area contributed by atoms with E-state index in [-0.39, 0.29) is 0 Å². The summed E-state index contributed by atoms with van der Waals surface area (Å²) in [5.41, 5.74) is 19.9. The summed E-state index contributed by atoms with van der Waals surface area (Å²) in [4.78, 5) is 10.1. The largest absolute Gasteiger partial charge is 0.399 e. The Morgan fingerprint density at radius 3 is 1.57 bits per heavy atom. The van der Waals surface area contributed by atoms with E-state index in [0.29, 0.717) is 12.0 Å². The van der Waals surface area contributed by atoms with Crippen LogP contribution in [0.4, 0.5) is 28.4 Å². The van der Waals surface area contributed by atoms with E-state index in [9.17, 15) is 0 Å².